The van der Waals surface area contributed by atoms with E-state index in [4.69, 9.17) is 9.47 Å². The van der Waals surface area contributed by atoms with Crippen LogP contribution in [0.2, 0.25) is 0 Å². The van der Waals surface area contributed by atoms with Crippen LogP contribution in [-0.4, -0.2) is 32.2 Å². The van der Waals surface area contributed by atoms with Gasteiger partial charge in [0.15, 0.2) is 17.3 Å². The topological polar surface area (TPSA) is 101 Å². The summed E-state index contributed by atoms with van der Waals surface area (Å²) in [5.74, 6) is 2.64. The summed E-state index contributed by atoms with van der Waals surface area (Å²) in [6.45, 7) is 0.258. The fraction of sp³-hybridized carbons (Fsp3) is 0.312. The Kier molecular flexibility index (Phi) is 2.94. The van der Waals surface area contributed by atoms with Gasteiger partial charge >= 0.3 is 0 Å². The third-order valence-corrected chi connectivity index (χ3v) is 4.39. The van der Waals surface area contributed by atoms with Gasteiger partial charge in [0.25, 0.3) is 0 Å². The van der Waals surface area contributed by atoms with E-state index in [9.17, 15) is 0 Å². The number of nitrogens with one attached hydrogen (secondary N) is 3. The van der Waals surface area contributed by atoms with Gasteiger partial charge in [0.05, 0.1) is 0 Å². The summed E-state index contributed by atoms with van der Waals surface area (Å²) < 4.78 is 10.7. The quantitative estimate of drug-likeness (QED) is 0.684. The SMILES string of the molecule is c1cc2c(cc1Nc1n[nH]c(-c3n[nH]c4c3CCCC4)n1)OCO2. The zero-order valence-corrected chi connectivity index (χ0v) is 12.9. The second kappa shape index (κ2) is 5.26. The Labute approximate surface area is 137 Å². The molecule has 0 saturated carbocycles. The average molecular weight is 324 g/mol. The molecule has 3 aromatic rings. The summed E-state index contributed by atoms with van der Waals surface area (Å²) in [4.78, 5) is 4.52. The normalized spacial score (nSPS) is 15.3. The van der Waals surface area contributed by atoms with Crippen molar-refractivity contribution in [3.63, 3.8) is 0 Å². The molecule has 1 aromatic carbocycles. The first kappa shape index (κ1) is 13.4. The van der Waals surface area contributed by atoms with E-state index in [0.29, 0.717) is 11.8 Å². The van der Waals surface area contributed by atoms with E-state index in [2.05, 4.69) is 30.7 Å². The lowest BCUT2D eigenvalue weighted by Gasteiger charge is -2.09. The molecule has 3 heterocycles. The predicted octanol–water partition coefficient (Wildman–Crippen LogP) is 2.55. The maximum Gasteiger partial charge on any atom is 0.246 e. The van der Waals surface area contributed by atoms with Crippen LogP contribution in [0.25, 0.3) is 11.5 Å². The molecule has 2 aromatic heterocycles. The Morgan fingerprint density at radius 2 is 1.92 bits per heavy atom. The Hall–Kier alpha value is -3.03. The molecule has 8 nitrogen and oxygen atoms in total. The molecule has 122 valence electrons. The van der Waals surface area contributed by atoms with Crippen LogP contribution in [0.15, 0.2) is 18.2 Å². The van der Waals surface area contributed by atoms with Crippen molar-refractivity contribution in [1.82, 2.24) is 25.4 Å². The van der Waals surface area contributed by atoms with Crippen molar-refractivity contribution in [2.24, 2.45) is 0 Å². The smallest absolute Gasteiger partial charge is 0.246 e. The summed E-state index contributed by atoms with van der Waals surface area (Å²) >= 11 is 0. The molecule has 24 heavy (non-hydrogen) atoms. The summed E-state index contributed by atoms with van der Waals surface area (Å²) in [6.07, 6.45) is 4.49. The fourth-order valence-electron chi connectivity index (χ4n) is 3.20. The average Bonchev–Trinajstić information content (AvgIpc) is 3.33. The van der Waals surface area contributed by atoms with Crippen molar-refractivity contribution in [2.75, 3.05) is 12.1 Å². The molecule has 2 aliphatic rings. The van der Waals surface area contributed by atoms with Gasteiger partial charge in [-0.05, 0) is 37.8 Å². The first-order chi connectivity index (χ1) is 11.9. The van der Waals surface area contributed by atoms with Crippen LogP contribution in [0.5, 0.6) is 11.5 Å². The second-order valence-electron chi connectivity index (χ2n) is 5.94. The van der Waals surface area contributed by atoms with Crippen LogP contribution in [-0.2, 0) is 12.8 Å². The zero-order valence-electron chi connectivity index (χ0n) is 12.9. The summed E-state index contributed by atoms with van der Waals surface area (Å²) in [5.41, 5.74) is 4.19. The Balaban J connectivity index is 1.40. The van der Waals surface area contributed by atoms with Gasteiger partial charge in [0.2, 0.25) is 12.7 Å². The molecule has 0 atom stereocenters. The minimum atomic E-state index is 0.258. The highest BCUT2D eigenvalue weighted by atomic mass is 16.7. The molecule has 0 bridgehead atoms. The number of rotatable bonds is 3. The molecular weight excluding hydrogens is 308 g/mol. The first-order valence-corrected chi connectivity index (χ1v) is 8.02. The van der Waals surface area contributed by atoms with E-state index in [1.165, 1.54) is 24.1 Å². The summed E-state index contributed by atoms with van der Waals surface area (Å²) in [6, 6.07) is 5.64. The Morgan fingerprint density at radius 3 is 2.92 bits per heavy atom. The van der Waals surface area contributed by atoms with Gasteiger partial charge in [0, 0.05) is 23.0 Å². The highest BCUT2D eigenvalue weighted by molar-refractivity contribution is 5.63. The molecule has 0 fully saturated rings. The number of H-pyrrole nitrogens is 2. The van der Waals surface area contributed by atoms with E-state index in [-0.39, 0.29) is 6.79 Å². The number of aromatic amines is 2. The number of anilines is 2. The van der Waals surface area contributed by atoms with E-state index in [1.807, 2.05) is 18.2 Å². The highest BCUT2D eigenvalue weighted by Gasteiger charge is 2.20. The van der Waals surface area contributed by atoms with Crippen molar-refractivity contribution < 1.29 is 9.47 Å². The van der Waals surface area contributed by atoms with Gasteiger partial charge in [-0.2, -0.15) is 10.1 Å². The van der Waals surface area contributed by atoms with Crippen molar-refractivity contribution >= 4 is 11.6 Å². The Bertz CT molecular complexity index is 900. The van der Waals surface area contributed by atoms with Crippen LogP contribution in [0.4, 0.5) is 11.6 Å². The van der Waals surface area contributed by atoms with Crippen LogP contribution in [0.1, 0.15) is 24.1 Å². The van der Waals surface area contributed by atoms with Crippen molar-refractivity contribution in [3.8, 4) is 23.0 Å². The number of benzene rings is 1. The third-order valence-electron chi connectivity index (χ3n) is 4.39. The molecule has 0 saturated heterocycles. The minimum Gasteiger partial charge on any atom is -0.454 e. The fourth-order valence-corrected chi connectivity index (χ4v) is 3.20. The highest BCUT2D eigenvalue weighted by Crippen LogP contribution is 2.35. The van der Waals surface area contributed by atoms with E-state index in [0.717, 1.165) is 35.7 Å². The van der Waals surface area contributed by atoms with Crippen LogP contribution in [0, 0.1) is 0 Å². The monoisotopic (exact) mass is 324 g/mol. The molecule has 0 unspecified atom stereocenters. The predicted molar refractivity (Wildman–Crippen MR) is 86.5 cm³/mol. The lowest BCUT2D eigenvalue weighted by Crippen LogP contribution is -2.01. The third kappa shape index (κ3) is 2.18. The molecular formula is C16H16N6O2. The molecule has 0 spiro atoms. The largest absolute Gasteiger partial charge is 0.454 e. The van der Waals surface area contributed by atoms with Crippen LogP contribution >= 0.6 is 0 Å². The van der Waals surface area contributed by atoms with Crippen LogP contribution in [0.3, 0.4) is 0 Å². The van der Waals surface area contributed by atoms with E-state index in [1.54, 1.807) is 0 Å². The number of hydrogen-bond acceptors (Lipinski definition) is 6. The maximum absolute atomic E-state index is 5.38. The van der Waals surface area contributed by atoms with Gasteiger partial charge < -0.3 is 14.8 Å². The standard InChI is InChI=1S/C16H16N6O2/c1-2-4-11-10(3-1)14(20-19-11)15-18-16(22-21-15)17-9-5-6-12-13(7-9)24-8-23-12/h5-7H,1-4,8H2,(H,19,20)(H2,17,18,21,22). The molecule has 3 N–H and O–H groups in total. The molecule has 1 aliphatic carbocycles. The van der Waals surface area contributed by atoms with Gasteiger partial charge in [-0.15, -0.1) is 5.10 Å². The molecule has 5 rings (SSSR count). The first-order valence-electron chi connectivity index (χ1n) is 8.02. The number of fused-ring (bicyclic) bond motifs is 2. The molecule has 0 radical (unpaired) electrons. The van der Waals surface area contributed by atoms with Gasteiger partial charge in [0.1, 0.15) is 5.69 Å². The summed E-state index contributed by atoms with van der Waals surface area (Å²) in [5, 5.41) is 17.9. The summed E-state index contributed by atoms with van der Waals surface area (Å²) in [7, 11) is 0. The molecule has 8 heteroatoms. The minimum absolute atomic E-state index is 0.258. The van der Waals surface area contributed by atoms with Crippen LogP contribution < -0.4 is 14.8 Å². The van der Waals surface area contributed by atoms with Gasteiger partial charge in [-0.3, -0.25) is 10.2 Å². The Morgan fingerprint density at radius 1 is 1.00 bits per heavy atom. The molecule has 1 aliphatic heterocycles. The number of aromatic nitrogens is 5. The number of ether oxygens (including phenoxy) is 2. The van der Waals surface area contributed by atoms with Gasteiger partial charge in [-0.1, -0.05) is 0 Å². The van der Waals surface area contributed by atoms with Crippen molar-refractivity contribution in [1.29, 1.82) is 0 Å². The number of hydrogen-bond donors (Lipinski definition) is 3. The second-order valence-corrected chi connectivity index (χ2v) is 5.94. The van der Waals surface area contributed by atoms with Crippen molar-refractivity contribution in [3.05, 3.63) is 29.5 Å². The van der Waals surface area contributed by atoms with Gasteiger partial charge in [-0.25, -0.2) is 0 Å². The number of nitrogens with zero attached hydrogens (tertiary/aromatic N) is 3. The lowest BCUT2D eigenvalue weighted by atomic mass is 9.96. The van der Waals surface area contributed by atoms with E-state index < -0.39 is 0 Å². The number of aryl methyl sites for hydroxylation is 1. The molecule has 0 amide bonds. The zero-order chi connectivity index (χ0) is 15.9. The maximum atomic E-state index is 5.38. The van der Waals surface area contributed by atoms with Crippen molar-refractivity contribution in [2.45, 2.75) is 25.7 Å². The lowest BCUT2D eigenvalue weighted by molar-refractivity contribution is 0.174. The van der Waals surface area contributed by atoms with E-state index >= 15 is 0 Å².